The van der Waals surface area contributed by atoms with Gasteiger partial charge in [0.2, 0.25) is 5.91 Å². The molecule has 1 aliphatic heterocycles. The van der Waals surface area contributed by atoms with Crippen LogP contribution in [0, 0.1) is 0 Å². The molecular formula is C17H21N3O3S2. The van der Waals surface area contributed by atoms with Crippen molar-refractivity contribution < 1.29 is 13.2 Å². The van der Waals surface area contributed by atoms with Gasteiger partial charge in [0.15, 0.2) is 0 Å². The smallest absolute Gasteiger partial charge is 0.252 e. The monoisotopic (exact) mass is 379 g/mol. The standard InChI is InChI=1S/C17H21N3O3S2/c1-14(17(21)18-15-6-3-2-4-7-15)19-9-11-20(12-10-19)25(22,23)16-8-5-13-24-16/h2-8,13-14H,9-12H2,1H3,(H,18,21)/t14-/m0/s1. The van der Waals surface area contributed by atoms with Crippen molar-refractivity contribution in [3.63, 3.8) is 0 Å². The van der Waals surface area contributed by atoms with Crippen molar-refractivity contribution in [1.82, 2.24) is 9.21 Å². The molecule has 2 aromatic rings. The van der Waals surface area contributed by atoms with Gasteiger partial charge in [0.05, 0.1) is 6.04 Å². The van der Waals surface area contributed by atoms with E-state index >= 15 is 0 Å². The first-order valence-corrected chi connectivity index (χ1v) is 10.4. The van der Waals surface area contributed by atoms with Crippen molar-refractivity contribution in [2.24, 2.45) is 0 Å². The van der Waals surface area contributed by atoms with Gasteiger partial charge in [-0.05, 0) is 30.5 Å². The van der Waals surface area contributed by atoms with Gasteiger partial charge in [-0.15, -0.1) is 11.3 Å². The molecule has 1 fully saturated rings. The van der Waals surface area contributed by atoms with Gasteiger partial charge < -0.3 is 5.32 Å². The second-order valence-corrected chi connectivity index (χ2v) is 9.02. The van der Waals surface area contributed by atoms with Crippen molar-refractivity contribution in [3.05, 3.63) is 47.8 Å². The highest BCUT2D eigenvalue weighted by atomic mass is 32.2. The largest absolute Gasteiger partial charge is 0.325 e. The number of nitrogens with one attached hydrogen (secondary N) is 1. The molecule has 1 atom stereocenters. The second-order valence-electron chi connectivity index (χ2n) is 5.90. The Morgan fingerprint density at radius 1 is 1.08 bits per heavy atom. The van der Waals surface area contributed by atoms with Crippen LogP contribution < -0.4 is 5.32 Å². The Bertz CT molecular complexity index is 799. The molecule has 8 heteroatoms. The van der Waals surface area contributed by atoms with Gasteiger partial charge in [0.25, 0.3) is 10.0 Å². The van der Waals surface area contributed by atoms with Crippen LogP contribution in [0.4, 0.5) is 5.69 Å². The third-order valence-electron chi connectivity index (χ3n) is 4.33. The number of carbonyl (C=O) groups excluding carboxylic acids is 1. The Morgan fingerprint density at radius 2 is 1.76 bits per heavy atom. The molecule has 1 aromatic heterocycles. The van der Waals surface area contributed by atoms with Crippen molar-refractivity contribution in [2.75, 3.05) is 31.5 Å². The SMILES string of the molecule is C[C@@H](C(=O)Nc1ccccc1)N1CCN(S(=O)(=O)c2cccs2)CC1. The van der Waals surface area contributed by atoms with Crippen LogP contribution in [-0.2, 0) is 14.8 Å². The lowest BCUT2D eigenvalue weighted by molar-refractivity contribution is -0.121. The predicted octanol–water partition coefficient (Wildman–Crippen LogP) is 2.08. The van der Waals surface area contributed by atoms with Crippen LogP contribution in [0.25, 0.3) is 0 Å². The molecule has 6 nitrogen and oxygen atoms in total. The summed E-state index contributed by atoms with van der Waals surface area (Å²) in [5.41, 5.74) is 0.762. The minimum atomic E-state index is -3.41. The predicted molar refractivity (Wildman–Crippen MR) is 99.2 cm³/mol. The Kier molecular flexibility index (Phi) is 5.53. The third-order valence-corrected chi connectivity index (χ3v) is 7.60. The number of sulfonamides is 1. The fourth-order valence-electron chi connectivity index (χ4n) is 2.80. The molecule has 134 valence electrons. The normalized spacial score (nSPS) is 18.0. The molecule has 0 unspecified atom stereocenters. The van der Waals surface area contributed by atoms with Crippen LogP contribution >= 0.6 is 11.3 Å². The molecule has 1 aromatic carbocycles. The lowest BCUT2D eigenvalue weighted by Gasteiger charge is -2.36. The molecule has 1 amide bonds. The zero-order chi connectivity index (χ0) is 17.9. The Morgan fingerprint density at radius 3 is 2.36 bits per heavy atom. The number of benzene rings is 1. The zero-order valence-electron chi connectivity index (χ0n) is 14.0. The Balaban J connectivity index is 1.57. The van der Waals surface area contributed by atoms with Crippen LogP contribution in [0.5, 0.6) is 0 Å². The summed E-state index contributed by atoms with van der Waals surface area (Å²) in [6.45, 7) is 3.70. The summed E-state index contributed by atoms with van der Waals surface area (Å²) >= 11 is 1.23. The fraction of sp³-hybridized carbons (Fsp3) is 0.353. The highest BCUT2D eigenvalue weighted by Gasteiger charge is 2.32. The first kappa shape index (κ1) is 18.1. The van der Waals surface area contributed by atoms with E-state index in [4.69, 9.17) is 0 Å². The van der Waals surface area contributed by atoms with Gasteiger partial charge in [-0.3, -0.25) is 9.69 Å². The summed E-state index contributed by atoms with van der Waals surface area (Å²) in [6.07, 6.45) is 0. The van der Waals surface area contributed by atoms with Crippen molar-refractivity contribution in [1.29, 1.82) is 0 Å². The number of thiophene rings is 1. The lowest BCUT2D eigenvalue weighted by Crippen LogP contribution is -2.53. The molecule has 1 N–H and O–H groups in total. The molecule has 1 aliphatic rings. The van der Waals surface area contributed by atoms with Crippen LogP contribution in [0.3, 0.4) is 0 Å². The third kappa shape index (κ3) is 4.09. The number of piperazine rings is 1. The summed E-state index contributed by atoms with van der Waals surface area (Å²) in [5.74, 6) is -0.0826. The van der Waals surface area contributed by atoms with Gasteiger partial charge in [-0.1, -0.05) is 24.3 Å². The molecule has 0 spiro atoms. The number of rotatable bonds is 5. The summed E-state index contributed by atoms with van der Waals surface area (Å²) in [6, 6.07) is 12.4. The molecule has 3 rings (SSSR count). The topological polar surface area (TPSA) is 69.7 Å². The van der Waals surface area contributed by atoms with Gasteiger partial charge in [0, 0.05) is 31.9 Å². The van der Waals surface area contributed by atoms with Crippen molar-refractivity contribution >= 4 is 33.0 Å². The number of para-hydroxylation sites is 1. The summed E-state index contributed by atoms with van der Waals surface area (Å²) in [4.78, 5) is 14.4. The quantitative estimate of drug-likeness (QED) is 0.864. The van der Waals surface area contributed by atoms with E-state index in [1.165, 1.54) is 15.6 Å². The van der Waals surface area contributed by atoms with Crippen LogP contribution in [-0.4, -0.2) is 55.8 Å². The van der Waals surface area contributed by atoms with Crippen LogP contribution in [0.15, 0.2) is 52.1 Å². The highest BCUT2D eigenvalue weighted by Crippen LogP contribution is 2.22. The second kappa shape index (κ2) is 7.65. The van der Waals surface area contributed by atoms with Gasteiger partial charge in [-0.25, -0.2) is 8.42 Å². The van der Waals surface area contributed by atoms with Crippen LogP contribution in [0.2, 0.25) is 0 Å². The molecule has 0 saturated carbocycles. The van der Waals surface area contributed by atoms with E-state index in [-0.39, 0.29) is 11.9 Å². The minimum Gasteiger partial charge on any atom is -0.325 e. The number of anilines is 1. The maximum atomic E-state index is 12.5. The summed E-state index contributed by atoms with van der Waals surface area (Å²) < 4.78 is 26.9. The lowest BCUT2D eigenvalue weighted by atomic mass is 10.2. The average Bonchev–Trinajstić information content (AvgIpc) is 3.17. The van der Waals surface area contributed by atoms with E-state index in [1.807, 2.05) is 42.2 Å². The minimum absolute atomic E-state index is 0.0826. The fourth-order valence-corrected chi connectivity index (χ4v) is 5.37. The summed E-state index contributed by atoms with van der Waals surface area (Å²) in [5, 5.41) is 4.66. The average molecular weight is 380 g/mol. The van der Waals surface area contributed by atoms with Gasteiger partial charge >= 0.3 is 0 Å². The van der Waals surface area contributed by atoms with Gasteiger partial charge in [0.1, 0.15) is 4.21 Å². The molecule has 25 heavy (non-hydrogen) atoms. The molecular weight excluding hydrogens is 358 g/mol. The molecule has 0 aliphatic carbocycles. The molecule has 0 bridgehead atoms. The van der Waals surface area contributed by atoms with E-state index in [1.54, 1.807) is 17.5 Å². The Hall–Kier alpha value is -1.74. The maximum Gasteiger partial charge on any atom is 0.252 e. The summed E-state index contributed by atoms with van der Waals surface area (Å²) in [7, 11) is -3.41. The highest BCUT2D eigenvalue weighted by molar-refractivity contribution is 7.91. The van der Waals surface area contributed by atoms with Crippen LogP contribution in [0.1, 0.15) is 6.92 Å². The first-order chi connectivity index (χ1) is 12.0. The van der Waals surface area contributed by atoms with E-state index in [9.17, 15) is 13.2 Å². The molecule has 0 radical (unpaired) electrons. The number of hydrogen-bond donors (Lipinski definition) is 1. The van der Waals surface area contributed by atoms with E-state index < -0.39 is 10.0 Å². The number of hydrogen-bond acceptors (Lipinski definition) is 5. The molecule has 2 heterocycles. The maximum absolute atomic E-state index is 12.5. The first-order valence-electron chi connectivity index (χ1n) is 8.12. The van der Waals surface area contributed by atoms with Crippen molar-refractivity contribution in [2.45, 2.75) is 17.2 Å². The molecule has 1 saturated heterocycles. The van der Waals surface area contributed by atoms with Gasteiger partial charge in [-0.2, -0.15) is 4.31 Å². The van der Waals surface area contributed by atoms with E-state index in [0.717, 1.165) is 5.69 Å². The zero-order valence-corrected chi connectivity index (χ0v) is 15.6. The van der Waals surface area contributed by atoms with E-state index in [0.29, 0.717) is 30.4 Å². The van der Waals surface area contributed by atoms with E-state index in [2.05, 4.69) is 5.32 Å². The number of carbonyl (C=O) groups is 1. The number of nitrogens with zero attached hydrogens (tertiary/aromatic N) is 2. The van der Waals surface area contributed by atoms with Crippen molar-refractivity contribution in [3.8, 4) is 0 Å². The number of amides is 1. The Labute approximate surface area is 152 Å².